The van der Waals surface area contributed by atoms with Crippen molar-refractivity contribution in [2.24, 2.45) is 0 Å². The van der Waals surface area contributed by atoms with E-state index in [9.17, 15) is 9.90 Å². The van der Waals surface area contributed by atoms with Crippen molar-refractivity contribution in [3.63, 3.8) is 0 Å². The Bertz CT molecular complexity index is 382. The van der Waals surface area contributed by atoms with Crippen LogP contribution in [0.3, 0.4) is 0 Å². The van der Waals surface area contributed by atoms with E-state index in [-0.39, 0.29) is 18.9 Å². The van der Waals surface area contributed by atoms with E-state index in [0.717, 1.165) is 5.56 Å². The third kappa shape index (κ3) is 5.16. The Kier molecular flexibility index (Phi) is 6.18. The second kappa shape index (κ2) is 7.68. The minimum absolute atomic E-state index is 0.0995. The minimum atomic E-state index is -0.544. The molecule has 0 saturated heterocycles. The number of carbonyl (C=O) groups excluding carboxylic acids is 1. The smallest absolute Gasteiger partial charge is 0.224 e. The van der Waals surface area contributed by atoms with E-state index >= 15 is 0 Å². The van der Waals surface area contributed by atoms with Crippen LogP contribution < -0.4 is 11.1 Å². The maximum absolute atomic E-state index is 11.6. The molecule has 5 heteroatoms. The van der Waals surface area contributed by atoms with Gasteiger partial charge >= 0.3 is 0 Å². The number of amides is 1. The molecule has 0 aromatic heterocycles. The predicted molar refractivity (Wildman–Crippen MR) is 70.1 cm³/mol. The summed E-state index contributed by atoms with van der Waals surface area (Å²) in [5.41, 5.74) is 7.18. The van der Waals surface area contributed by atoms with Crippen LogP contribution in [0.5, 0.6) is 0 Å². The first kappa shape index (κ1) is 14.5. The van der Waals surface area contributed by atoms with Gasteiger partial charge in [-0.3, -0.25) is 4.79 Å². The van der Waals surface area contributed by atoms with Gasteiger partial charge in [0.05, 0.1) is 19.1 Å². The fraction of sp³-hybridized carbons (Fsp3) is 0.462. The monoisotopic (exact) mass is 252 g/mol. The number of aliphatic hydroxyl groups is 1. The van der Waals surface area contributed by atoms with E-state index in [2.05, 4.69) is 5.32 Å². The van der Waals surface area contributed by atoms with Gasteiger partial charge in [0.2, 0.25) is 5.91 Å². The average molecular weight is 252 g/mol. The summed E-state index contributed by atoms with van der Waals surface area (Å²) in [7, 11) is 1.53. The van der Waals surface area contributed by atoms with Crippen molar-refractivity contribution in [3.05, 3.63) is 29.8 Å². The molecular formula is C13H20N2O3. The van der Waals surface area contributed by atoms with Crippen LogP contribution in [0, 0.1) is 0 Å². The Labute approximate surface area is 107 Å². The van der Waals surface area contributed by atoms with Gasteiger partial charge in [-0.1, -0.05) is 18.2 Å². The Hall–Kier alpha value is -1.59. The predicted octanol–water partition coefficient (Wildman–Crippen LogP) is 0.325. The molecule has 0 spiro atoms. The number of nitrogens with one attached hydrogen (secondary N) is 1. The normalized spacial score (nSPS) is 12.1. The van der Waals surface area contributed by atoms with E-state index in [1.54, 1.807) is 6.07 Å². The van der Waals surface area contributed by atoms with E-state index in [1.165, 1.54) is 7.11 Å². The van der Waals surface area contributed by atoms with Gasteiger partial charge in [-0.15, -0.1) is 0 Å². The Balaban J connectivity index is 2.28. The van der Waals surface area contributed by atoms with Crippen LogP contribution >= 0.6 is 0 Å². The quantitative estimate of drug-likeness (QED) is 0.610. The number of ether oxygens (including phenoxy) is 1. The van der Waals surface area contributed by atoms with Crippen LogP contribution in [0.15, 0.2) is 24.3 Å². The van der Waals surface area contributed by atoms with Gasteiger partial charge in [0.1, 0.15) is 0 Å². The van der Waals surface area contributed by atoms with Crippen LogP contribution in [-0.2, 0) is 16.0 Å². The fourth-order valence-corrected chi connectivity index (χ4v) is 1.58. The molecule has 18 heavy (non-hydrogen) atoms. The van der Waals surface area contributed by atoms with Crippen molar-refractivity contribution in [1.29, 1.82) is 0 Å². The summed E-state index contributed by atoms with van der Waals surface area (Å²) < 4.78 is 4.79. The molecule has 0 bridgehead atoms. The summed E-state index contributed by atoms with van der Waals surface area (Å²) in [4.78, 5) is 11.6. The fourth-order valence-electron chi connectivity index (χ4n) is 1.58. The molecule has 0 aliphatic carbocycles. The molecule has 0 aliphatic heterocycles. The maximum Gasteiger partial charge on any atom is 0.224 e. The molecular weight excluding hydrogens is 232 g/mol. The van der Waals surface area contributed by atoms with Crippen LogP contribution in [-0.4, -0.2) is 37.4 Å². The lowest BCUT2D eigenvalue weighted by molar-refractivity contribution is -0.120. The zero-order chi connectivity index (χ0) is 13.4. The first-order valence-electron chi connectivity index (χ1n) is 5.90. The lowest BCUT2D eigenvalue weighted by Gasteiger charge is -2.10. The van der Waals surface area contributed by atoms with Crippen molar-refractivity contribution < 1.29 is 14.6 Å². The molecule has 0 radical (unpaired) electrons. The second-order valence-electron chi connectivity index (χ2n) is 4.12. The number of hydrogen-bond acceptors (Lipinski definition) is 4. The zero-order valence-corrected chi connectivity index (χ0v) is 10.6. The third-order valence-corrected chi connectivity index (χ3v) is 2.56. The summed E-state index contributed by atoms with van der Waals surface area (Å²) >= 11 is 0. The van der Waals surface area contributed by atoms with Gasteiger partial charge in [-0.25, -0.2) is 0 Å². The lowest BCUT2D eigenvalue weighted by atomic mass is 10.1. The van der Waals surface area contributed by atoms with E-state index in [0.29, 0.717) is 18.7 Å². The van der Waals surface area contributed by atoms with Gasteiger partial charge < -0.3 is 20.9 Å². The highest BCUT2D eigenvalue weighted by Crippen LogP contribution is 2.10. The molecule has 0 fully saturated rings. The second-order valence-corrected chi connectivity index (χ2v) is 4.12. The van der Waals surface area contributed by atoms with Crippen molar-refractivity contribution >= 4 is 11.6 Å². The molecule has 1 unspecified atom stereocenters. The van der Waals surface area contributed by atoms with E-state index in [4.69, 9.17) is 10.5 Å². The number of benzene rings is 1. The summed E-state index contributed by atoms with van der Waals surface area (Å²) in [6.07, 6.45) is 0.189. The number of para-hydroxylation sites is 1. The van der Waals surface area contributed by atoms with Crippen LogP contribution in [0.1, 0.15) is 12.0 Å². The Morgan fingerprint density at radius 2 is 2.22 bits per heavy atom. The molecule has 1 aromatic carbocycles. The molecule has 1 rings (SSSR count). The van der Waals surface area contributed by atoms with E-state index in [1.807, 2.05) is 18.2 Å². The number of rotatable bonds is 7. The number of hydrogen-bond donors (Lipinski definition) is 3. The molecule has 0 saturated carbocycles. The number of carbonyl (C=O) groups is 1. The first-order valence-corrected chi connectivity index (χ1v) is 5.90. The molecule has 1 aromatic rings. The largest absolute Gasteiger partial charge is 0.398 e. The van der Waals surface area contributed by atoms with Crippen molar-refractivity contribution in [2.45, 2.75) is 18.9 Å². The summed E-state index contributed by atoms with van der Waals surface area (Å²) in [6.45, 7) is 0.706. The molecule has 5 nitrogen and oxygen atoms in total. The minimum Gasteiger partial charge on any atom is -0.398 e. The topological polar surface area (TPSA) is 84.6 Å². The molecule has 100 valence electrons. The highest BCUT2D eigenvalue weighted by Gasteiger charge is 2.07. The number of nitrogens with two attached hydrogens (primary N) is 1. The van der Waals surface area contributed by atoms with Crippen LogP contribution in [0.25, 0.3) is 0 Å². The summed E-state index contributed by atoms with van der Waals surface area (Å²) in [5.74, 6) is -0.0995. The Morgan fingerprint density at radius 3 is 2.89 bits per heavy atom. The Morgan fingerprint density at radius 1 is 1.50 bits per heavy atom. The molecule has 0 heterocycles. The number of aliphatic hydroxyl groups excluding tert-OH is 1. The van der Waals surface area contributed by atoms with Gasteiger partial charge in [0.25, 0.3) is 0 Å². The third-order valence-electron chi connectivity index (χ3n) is 2.56. The van der Waals surface area contributed by atoms with E-state index < -0.39 is 6.10 Å². The number of nitrogen functional groups attached to an aromatic ring is 1. The highest BCUT2D eigenvalue weighted by molar-refractivity contribution is 5.80. The van der Waals surface area contributed by atoms with Crippen molar-refractivity contribution in [1.82, 2.24) is 5.32 Å². The standard InChI is InChI=1S/C13H20N2O3/c1-18-9-11(16)6-7-15-13(17)8-10-4-2-3-5-12(10)14/h2-5,11,16H,6-9,14H2,1H3,(H,15,17). The first-order chi connectivity index (χ1) is 8.63. The zero-order valence-electron chi connectivity index (χ0n) is 10.6. The maximum atomic E-state index is 11.6. The molecule has 1 amide bonds. The van der Waals surface area contributed by atoms with Gasteiger partial charge in [0, 0.05) is 19.3 Å². The van der Waals surface area contributed by atoms with Gasteiger partial charge in [0.15, 0.2) is 0 Å². The van der Waals surface area contributed by atoms with Crippen LogP contribution in [0.2, 0.25) is 0 Å². The molecule has 4 N–H and O–H groups in total. The number of anilines is 1. The summed E-state index contributed by atoms with van der Waals surface area (Å²) in [6, 6.07) is 7.28. The van der Waals surface area contributed by atoms with Crippen molar-refractivity contribution in [3.8, 4) is 0 Å². The number of methoxy groups -OCH3 is 1. The molecule has 0 aliphatic rings. The SMILES string of the molecule is COCC(O)CCNC(=O)Cc1ccccc1N. The van der Waals surface area contributed by atoms with Gasteiger partial charge in [-0.2, -0.15) is 0 Å². The lowest BCUT2D eigenvalue weighted by Crippen LogP contribution is -2.29. The van der Waals surface area contributed by atoms with Crippen LogP contribution in [0.4, 0.5) is 5.69 Å². The highest BCUT2D eigenvalue weighted by atomic mass is 16.5. The summed E-state index contributed by atoms with van der Waals surface area (Å²) in [5, 5.41) is 12.1. The average Bonchev–Trinajstić information content (AvgIpc) is 2.32. The molecule has 1 atom stereocenters. The van der Waals surface area contributed by atoms with Crippen molar-refractivity contribution in [2.75, 3.05) is 26.0 Å². The van der Waals surface area contributed by atoms with Gasteiger partial charge in [-0.05, 0) is 18.1 Å².